The third-order valence-electron chi connectivity index (χ3n) is 2.08. The van der Waals surface area contributed by atoms with Crippen molar-refractivity contribution >= 4 is 56.7 Å². The van der Waals surface area contributed by atoms with Crippen LogP contribution >= 0.6 is 7.82 Å². The van der Waals surface area contributed by atoms with Crippen molar-refractivity contribution in [2.24, 2.45) is 0 Å². The predicted octanol–water partition coefficient (Wildman–Crippen LogP) is -4.75. The summed E-state index contributed by atoms with van der Waals surface area (Å²) in [5.41, 5.74) is 0. The number of rotatable bonds is 3. The van der Waals surface area contributed by atoms with Gasteiger partial charge >= 0.3 is 48.9 Å². The van der Waals surface area contributed by atoms with Crippen molar-refractivity contribution in [2.45, 2.75) is 30.7 Å². The molecule has 0 saturated carbocycles. The van der Waals surface area contributed by atoms with Gasteiger partial charge in [0.1, 0.15) is 24.4 Å². The molecule has 11 heteroatoms. The summed E-state index contributed by atoms with van der Waals surface area (Å²) in [4.78, 5) is 20.3. The molecule has 1 aliphatic heterocycles. The Morgan fingerprint density at radius 2 is 1.65 bits per heavy atom. The Balaban J connectivity index is 0.00000256. The first-order valence-corrected chi connectivity index (χ1v) is 5.73. The maximum Gasteiger partial charge on any atom is 2.00 e. The van der Waals surface area contributed by atoms with Crippen LogP contribution in [0.2, 0.25) is 0 Å². The van der Waals surface area contributed by atoms with Gasteiger partial charge in [-0.1, -0.05) is 0 Å². The number of phosphoric ester groups is 1. The standard InChI is InChI=1S/C6H13O9P.Ba/c7-3-2(1-14-16(11,12)13)15-6(10)5(9)4(3)8;/h2-10H,1H2,(H2,11,12,13);/q;+2/p-2/t2-,3+,4+,5-,6?;/m1./s1. The molecule has 96 valence electrons. The number of aliphatic hydroxyl groups is 4. The first-order chi connectivity index (χ1) is 7.22. The number of hydrogen-bond acceptors (Lipinski definition) is 9. The van der Waals surface area contributed by atoms with E-state index in [4.69, 9.17) is 10.2 Å². The first-order valence-electron chi connectivity index (χ1n) is 4.26. The molecule has 1 unspecified atom stereocenters. The smallest absolute Gasteiger partial charge is 0.790 e. The zero-order valence-corrected chi connectivity index (χ0v) is 13.9. The SMILES string of the molecule is O=P([O-])([O-])OC[C@H]1OC(O)[C@H](O)[C@@H](O)[C@H]1O.[Ba+2]. The van der Waals surface area contributed by atoms with Gasteiger partial charge in [-0.3, -0.25) is 0 Å². The maximum absolute atomic E-state index is 10.1. The fourth-order valence-corrected chi connectivity index (χ4v) is 1.56. The van der Waals surface area contributed by atoms with Crippen LogP contribution < -0.4 is 9.79 Å². The summed E-state index contributed by atoms with van der Waals surface area (Å²) in [6.07, 6.45) is -8.35. The van der Waals surface area contributed by atoms with Crippen molar-refractivity contribution in [1.82, 2.24) is 0 Å². The van der Waals surface area contributed by atoms with Gasteiger partial charge in [0.2, 0.25) is 0 Å². The zero-order chi connectivity index (χ0) is 12.5. The number of hydrogen-bond donors (Lipinski definition) is 4. The summed E-state index contributed by atoms with van der Waals surface area (Å²) in [6.45, 7) is -0.855. The Morgan fingerprint density at radius 1 is 1.12 bits per heavy atom. The molecule has 0 bridgehead atoms. The minimum absolute atomic E-state index is 0. The van der Waals surface area contributed by atoms with Crippen molar-refractivity contribution < 1.29 is 44.0 Å². The quantitative estimate of drug-likeness (QED) is 0.271. The van der Waals surface area contributed by atoms with E-state index in [0.29, 0.717) is 0 Å². The topological polar surface area (TPSA) is 163 Å². The molecular weight excluding hydrogens is 384 g/mol. The van der Waals surface area contributed by atoms with Gasteiger partial charge < -0.3 is 44.0 Å². The van der Waals surface area contributed by atoms with Crippen LogP contribution in [0.25, 0.3) is 0 Å². The molecule has 0 aromatic carbocycles. The van der Waals surface area contributed by atoms with Gasteiger partial charge in [0.15, 0.2) is 6.29 Å². The van der Waals surface area contributed by atoms with Gasteiger partial charge in [-0.05, 0) is 0 Å². The molecular formula is C6H11BaO9P. The molecule has 1 saturated heterocycles. The Kier molecular flexibility index (Phi) is 7.95. The summed E-state index contributed by atoms with van der Waals surface area (Å²) >= 11 is 0. The molecule has 1 fully saturated rings. The molecule has 0 radical (unpaired) electrons. The van der Waals surface area contributed by atoms with E-state index in [2.05, 4.69) is 9.26 Å². The number of aliphatic hydroxyl groups excluding tert-OH is 4. The van der Waals surface area contributed by atoms with Gasteiger partial charge in [-0.2, -0.15) is 0 Å². The van der Waals surface area contributed by atoms with Crippen LogP contribution in [0, 0.1) is 0 Å². The van der Waals surface area contributed by atoms with Crippen molar-refractivity contribution in [3.63, 3.8) is 0 Å². The summed E-state index contributed by atoms with van der Waals surface area (Å²) in [5, 5.41) is 36.6. The summed E-state index contributed by atoms with van der Waals surface area (Å²) < 4.78 is 18.5. The van der Waals surface area contributed by atoms with E-state index in [1.54, 1.807) is 0 Å². The van der Waals surface area contributed by atoms with Crippen molar-refractivity contribution in [3.8, 4) is 0 Å². The average Bonchev–Trinajstić information content (AvgIpc) is 2.17. The summed E-state index contributed by atoms with van der Waals surface area (Å²) in [7, 11) is -5.23. The molecule has 5 atom stereocenters. The second kappa shape index (κ2) is 7.31. The van der Waals surface area contributed by atoms with Crippen LogP contribution in [0.3, 0.4) is 0 Å². The van der Waals surface area contributed by atoms with Crippen LogP contribution in [0.5, 0.6) is 0 Å². The third kappa shape index (κ3) is 5.55. The van der Waals surface area contributed by atoms with E-state index in [-0.39, 0.29) is 48.9 Å². The monoisotopic (exact) mass is 396 g/mol. The second-order valence-electron chi connectivity index (χ2n) is 3.28. The van der Waals surface area contributed by atoms with E-state index in [9.17, 15) is 24.6 Å². The molecule has 1 heterocycles. The second-order valence-corrected chi connectivity index (χ2v) is 4.43. The minimum Gasteiger partial charge on any atom is -0.790 e. The van der Waals surface area contributed by atoms with E-state index in [0.717, 1.165) is 0 Å². The number of phosphoric acid groups is 1. The predicted molar refractivity (Wildman–Crippen MR) is 48.2 cm³/mol. The Labute approximate surface area is 137 Å². The van der Waals surface area contributed by atoms with Gasteiger partial charge in [0.25, 0.3) is 0 Å². The van der Waals surface area contributed by atoms with Gasteiger partial charge in [0.05, 0.1) is 14.4 Å². The molecule has 0 amide bonds. The fraction of sp³-hybridized carbons (Fsp3) is 1.00. The molecule has 17 heavy (non-hydrogen) atoms. The Hall–Kier alpha value is 1.48. The minimum atomic E-state index is -5.23. The molecule has 9 nitrogen and oxygen atoms in total. The van der Waals surface area contributed by atoms with Crippen molar-refractivity contribution in [1.29, 1.82) is 0 Å². The third-order valence-corrected chi connectivity index (χ3v) is 2.55. The van der Waals surface area contributed by atoms with E-state index >= 15 is 0 Å². The molecule has 0 aromatic heterocycles. The molecule has 0 spiro atoms. The van der Waals surface area contributed by atoms with Crippen LogP contribution in [0.15, 0.2) is 0 Å². The van der Waals surface area contributed by atoms with Crippen LogP contribution in [0.1, 0.15) is 0 Å². The van der Waals surface area contributed by atoms with Crippen molar-refractivity contribution in [2.75, 3.05) is 6.61 Å². The summed E-state index contributed by atoms with van der Waals surface area (Å²) in [6, 6.07) is 0. The first kappa shape index (κ1) is 18.5. The maximum atomic E-state index is 10.1. The van der Waals surface area contributed by atoms with Gasteiger partial charge in [-0.25, -0.2) is 0 Å². The van der Waals surface area contributed by atoms with Crippen LogP contribution in [-0.2, 0) is 13.8 Å². The molecule has 4 N–H and O–H groups in total. The van der Waals surface area contributed by atoms with Crippen LogP contribution in [0.4, 0.5) is 0 Å². The number of ether oxygens (including phenoxy) is 1. The molecule has 0 aromatic rings. The van der Waals surface area contributed by atoms with E-state index in [1.165, 1.54) is 0 Å². The van der Waals surface area contributed by atoms with Gasteiger partial charge in [-0.15, -0.1) is 0 Å². The largest absolute Gasteiger partial charge is 2.00 e. The van der Waals surface area contributed by atoms with Crippen molar-refractivity contribution in [3.05, 3.63) is 0 Å². The normalized spacial score (nSPS) is 38.6. The Bertz CT molecular complexity index is 283. The zero-order valence-electron chi connectivity index (χ0n) is 8.58. The Morgan fingerprint density at radius 3 is 2.12 bits per heavy atom. The van der Waals surface area contributed by atoms with E-state index in [1.807, 2.05) is 0 Å². The molecule has 0 aliphatic carbocycles. The van der Waals surface area contributed by atoms with Crippen LogP contribution in [-0.4, -0.2) is 107 Å². The van der Waals surface area contributed by atoms with E-state index < -0.39 is 45.1 Å². The molecule has 1 rings (SSSR count). The molecule has 1 aliphatic rings. The average molecular weight is 395 g/mol. The summed E-state index contributed by atoms with van der Waals surface area (Å²) in [5.74, 6) is 0. The fourth-order valence-electron chi connectivity index (χ4n) is 1.23. The van der Waals surface area contributed by atoms with Gasteiger partial charge in [0, 0.05) is 0 Å².